The Hall–Kier alpha value is -2.63. The maximum Gasteiger partial charge on any atom is 0.228 e. The van der Waals surface area contributed by atoms with E-state index in [1.165, 1.54) is 0 Å². The Kier molecular flexibility index (Phi) is 2.96. The molecule has 6 heteroatoms. The molecule has 1 aromatic carbocycles. The van der Waals surface area contributed by atoms with Crippen molar-refractivity contribution in [1.29, 1.82) is 0 Å². The lowest BCUT2D eigenvalue weighted by atomic mass is 9.97. The van der Waals surface area contributed by atoms with Gasteiger partial charge in [0, 0.05) is 37.0 Å². The summed E-state index contributed by atoms with van der Waals surface area (Å²) in [5.41, 5.74) is 2.65. The number of imidazole rings is 2. The molecule has 2 aromatic heterocycles. The van der Waals surface area contributed by atoms with E-state index in [-0.39, 0.29) is 11.8 Å². The summed E-state index contributed by atoms with van der Waals surface area (Å²) < 4.78 is 2.11. The van der Waals surface area contributed by atoms with Crippen molar-refractivity contribution < 1.29 is 4.79 Å². The quantitative estimate of drug-likeness (QED) is 0.761. The van der Waals surface area contributed by atoms with Gasteiger partial charge in [-0.25, -0.2) is 9.97 Å². The zero-order valence-electron chi connectivity index (χ0n) is 12.3. The largest absolute Gasteiger partial charge is 0.342 e. The molecule has 0 radical (unpaired) electrons. The Labute approximate surface area is 127 Å². The Morgan fingerprint density at radius 3 is 3.27 bits per heavy atom. The van der Waals surface area contributed by atoms with Crippen LogP contribution in [-0.2, 0) is 17.8 Å². The number of nitrogens with one attached hydrogen (secondary N) is 2. The predicted octanol–water partition coefficient (Wildman–Crippen LogP) is 2.27. The fourth-order valence-electron chi connectivity index (χ4n) is 3.03. The molecule has 112 valence electrons. The van der Waals surface area contributed by atoms with E-state index in [4.69, 9.17) is 0 Å². The van der Waals surface area contributed by atoms with Gasteiger partial charge in [0.25, 0.3) is 0 Å². The maximum atomic E-state index is 12.5. The van der Waals surface area contributed by atoms with Gasteiger partial charge in [-0.05, 0) is 31.5 Å². The third kappa shape index (κ3) is 2.26. The number of rotatable bonds is 2. The molecule has 0 aliphatic carbocycles. The summed E-state index contributed by atoms with van der Waals surface area (Å²) in [6.45, 7) is 2.77. The van der Waals surface area contributed by atoms with Gasteiger partial charge in [-0.2, -0.15) is 0 Å². The summed E-state index contributed by atoms with van der Waals surface area (Å²) in [4.78, 5) is 24.3. The molecule has 3 aromatic rings. The first kappa shape index (κ1) is 13.1. The fraction of sp³-hybridized carbons (Fsp3) is 0.312. The molecule has 1 unspecified atom stereocenters. The number of fused-ring (bicyclic) bond motifs is 2. The number of nitrogens with zero attached hydrogens (tertiary/aromatic N) is 3. The van der Waals surface area contributed by atoms with Crippen LogP contribution >= 0.6 is 0 Å². The normalized spacial score (nSPS) is 17.4. The standard InChI is InChI=1S/C16H17N5O/c1-10-18-13-3-2-12(9-14(13)19-10)20-16(22)11-4-6-21-7-5-17-15(21)8-11/h2-3,5,7,9,11H,4,6,8H2,1H3,(H,18,19)(H,20,22). The molecule has 2 N–H and O–H groups in total. The number of amides is 1. The number of aromatic amines is 1. The lowest BCUT2D eigenvalue weighted by Gasteiger charge is -2.22. The average Bonchev–Trinajstić information content (AvgIpc) is 3.10. The van der Waals surface area contributed by atoms with Gasteiger partial charge in [0.15, 0.2) is 0 Å². The molecule has 0 spiro atoms. The van der Waals surface area contributed by atoms with E-state index >= 15 is 0 Å². The van der Waals surface area contributed by atoms with Crippen molar-refractivity contribution in [3.8, 4) is 0 Å². The number of carbonyl (C=O) groups excluding carboxylic acids is 1. The molecular formula is C16H17N5O. The van der Waals surface area contributed by atoms with Crippen molar-refractivity contribution in [2.75, 3.05) is 5.32 Å². The Morgan fingerprint density at radius 1 is 1.45 bits per heavy atom. The van der Waals surface area contributed by atoms with Crippen LogP contribution in [0.5, 0.6) is 0 Å². The first-order chi connectivity index (χ1) is 10.7. The molecule has 4 rings (SSSR count). The lowest BCUT2D eigenvalue weighted by Crippen LogP contribution is -2.30. The van der Waals surface area contributed by atoms with Crippen molar-refractivity contribution >= 4 is 22.6 Å². The monoisotopic (exact) mass is 295 g/mol. The zero-order chi connectivity index (χ0) is 15.1. The minimum atomic E-state index is -0.0194. The van der Waals surface area contributed by atoms with E-state index in [0.29, 0.717) is 6.42 Å². The van der Waals surface area contributed by atoms with E-state index < -0.39 is 0 Å². The molecular weight excluding hydrogens is 278 g/mol. The second-order valence-corrected chi connectivity index (χ2v) is 5.77. The molecule has 1 amide bonds. The minimum absolute atomic E-state index is 0.0194. The Morgan fingerprint density at radius 2 is 2.36 bits per heavy atom. The van der Waals surface area contributed by atoms with Crippen LogP contribution < -0.4 is 5.32 Å². The SMILES string of the molecule is Cc1nc2ccc(NC(=O)C3CCn4ccnc4C3)cc2[nH]1. The van der Waals surface area contributed by atoms with E-state index in [1.54, 1.807) is 6.20 Å². The van der Waals surface area contributed by atoms with Crippen LogP contribution in [0.15, 0.2) is 30.6 Å². The molecule has 1 atom stereocenters. The number of aryl methyl sites for hydroxylation is 2. The van der Waals surface area contributed by atoms with Crippen LogP contribution in [0.2, 0.25) is 0 Å². The van der Waals surface area contributed by atoms with Gasteiger partial charge in [0.05, 0.1) is 11.0 Å². The van der Waals surface area contributed by atoms with Gasteiger partial charge < -0.3 is 14.9 Å². The highest BCUT2D eigenvalue weighted by molar-refractivity contribution is 5.94. The molecule has 0 bridgehead atoms. The van der Waals surface area contributed by atoms with Crippen LogP contribution in [0.1, 0.15) is 18.1 Å². The van der Waals surface area contributed by atoms with Crippen molar-refractivity contribution in [1.82, 2.24) is 19.5 Å². The summed E-state index contributed by atoms with van der Waals surface area (Å²) in [7, 11) is 0. The summed E-state index contributed by atoms with van der Waals surface area (Å²) in [5, 5.41) is 3.01. The number of hydrogen-bond donors (Lipinski definition) is 2. The first-order valence-electron chi connectivity index (χ1n) is 7.46. The molecule has 22 heavy (non-hydrogen) atoms. The van der Waals surface area contributed by atoms with Crippen LogP contribution in [0.3, 0.4) is 0 Å². The number of anilines is 1. The summed E-state index contributed by atoms with van der Waals surface area (Å²) in [6, 6.07) is 5.74. The predicted molar refractivity (Wildman–Crippen MR) is 83.5 cm³/mol. The maximum absolute atomic E-state index is 12.5. The van der Waals surface area contributed by atoms with Gasteiger partial charge >= 0.3 is 0 Å². The molecule has 6 nitrogen and oxygen atoms in total. The van der Waals surface area contributed by atoms with Crippen LogP contribution in [-0.4, -0.2) is 25.4 Å². The van der Waals surface area contributed by atoms with Crippen molar-refractivity contribution in [3.05, 3.63) is 42.2 Å². The smallest absolute Gasteiger partial charge is 0.228 e. The highest BCUT2D eigenvalue weighted by Gasteiger charge is 2.25. The van der Waals surface area contributed by atoms with Gasteiger partial charge in [-0.1, -0.05) is 0 Å². The second-order valence-electron chi connectivity index (χ2n) is 5.77. The van der Waals surface area contributed by atoms with Gasteiger partial charge in [0.1, 0.15) is 11.6 Å². The number of hydrogen-bond acceptors (Lipinski definition) is 3. The molecule has 1 aliphatic rings. The number of H-pyrrole nitrogens is 1. The molecule has 0 fully saturated rings. The highest BCUT2D eigenvalue weighted by atomic mass is 16.1. The number of carbonyl (C=O) groups is 1. The number of benzene rings is 1. The fourth-order valence-corrected chi connectivity index (χ4v) is 3.03. The van der Waals surface area contributed by atoms with Crippen molar-refractivity contribution in [2.24, 2.45) is 5.92 Å². The number of aromatic nitrogens is 4. The molecule has 0 saturated carbocycles. The van der Waals surface area contributed by atoms with Crippen LogP contribution in [0.25, 0.3) is 11.0 Å². The van der Waals surface area contributed by atoms with E-state index in [2.05, 4.69) is 24.8 Å². The second kappa shape index (κ2) is 4.98. The van der Waals surface area contributed by atoms with Gasteiger partial charge in [0.2, 0.25) is 5.91 Å². The van der Waals surface area contributed by atoms with Crippen LogP contribution in [0.4, 0.5) is 5.69 Å². The Balaban J connectivity index is 1.51. The van der Waals surface area contributed by atoms with Crippen molar-refractivity contribution in [2.45, 2.75) is 26.3 Å². The van der Waals surface area contributed by atoms with Gasteiger partial charge in [-0.15, -0.1) is 0 Å². The van der Waals surface area contributed by atoms with Gasteiger partial charge in [-0.3, -0.25) is 4.79 Å². The molecule has 0 saturated heterocycles. The summed E-state index contributed by atoms with van der Waals surface area (Å²) in [6.07, 6.45) is 5.31. The summed E-state index contributed by atoms with van der Waals surface area (Å²) in [5.74, 6) is 1.91. The van der Waals surface area contributed by atoms with E-state index in [0.717, 1.165) is 41.3 Å². The minimum Gasteiger partial charge on any atom is -0.342 e. The topological polar surface area (TPSA) is 75.6 Å². The summed E-state index contributed by atoms with van der Waals surface area (Å²) >= 11 is 0. The van der Waals surface area contributed by atoms with Crippen molar-refractivity contribution in [3.63, 3.8) is 0 Å². The molecule has 3 heterocycles. The third-order valence-electron chi connectivity index (χ3n) is 4.19. The van der Waals surface area contributed by atoms with Crippen LogP contribution in [0, 0.1) is 12.8 Å². The Bertz CT molecular complexity index is 847. The highest BCUT2D eigenvalue weighted by Crippen LogP contribution is 2.22. The third-order valence-corrected chi connectivity index (χ3v) is 4.19. The zero-order valence-corrected chi connectivity index (χ0v) is 12.3. The first-order valence-corrected chi connectivity index (χ1v) is 7.46. The average molecular weight is 295 g/mol. The van der Waals surface area contributed by atoms with E-state index in [9.17, 15) is 4.79 Å². The van der Waals surface area contributed by atoms with E-state index in [1.807, 2.05) is 31.3 Å². The molecule has 1 aliphatic heterocycles. The lowest BCUT2D eigenvalue weighted by molar-refractivity contribution is -0.120.